The highest BCUT2D eigenvalue weighted by atomic mass is 16.5. The van der Waals surface area contributed by atoms with Crippen molar-refractivity contribution in [3.63, 3.8) is 0 Å². The van der Waals surface area contributed by atoms with Gasteiger partial charge in [0, 0.05) is 30.3 Å². The number of carbonyl (C=O) groups is 2. The van der Waals surface area contributed by atoms with Gasteiger partial charge in [-0.1, -0.05) is 0 Å². The van der Waals surface area contributed by atoms with Crippen LogP contribution in [0.15, 0.2) is 30.6 Å². The number of benzene rings is 1. The van der Waals surface area contributed by atoms with E-state index in [9.17, 15) is 14.7 Å². The summed E-state index contributed by atoms with van der Waals surface area (Å²) in [7, 11) is 3.01. The van der Waals surface area contributed by atoms with Crippen LogP contribution in [0.2, 0.25) is 0 Å². The lowest BCUT2D eigenvalue weighted by Crippen LogP contribution is -2.22. The number of ether oxygens (including phenoxy) is 2. The number of carbonyl (C=O) groups excluding carboxylic acids is 2. The van der Waals surface area contributed by atoms with Gasteiger partial charge in [0.1, 0.15) is 11.5 Å². The molecule has 0 aliphatic carbocycles. The number of aromatic nitrogens is 2. The average molecular weight is 332 g/mol. The summed E-state index contributed by atoms with van der Waals surface area (Å²) in [6, 6.07) is 4.87. The number of aliphatic carboxylic acids is 1. The molecule has 1 aromatic heterocycles. The molecule has 0 radical (unpaired) electrons. The number of nitrogens with zero attached hydrogens (tertiary/aromatic N) is 2. The fourth-order valence-electron chi connectivity index (χ4n) is 2.08. The van der Waals surface area contributed by atoms with Crippen LogP contribution >= 0.6 is 0 Å². The summed E-state index contributed by atoms with van der Waals surface area (Å²) < 4.78 is 11.8. The summed E-state index contributed by atoms with van der Waals surface area (Å²) in [6.45, 7) is 0.427. The number of methoxy groups -OCH3 is 2. The molecule has 2 rings (SSSR count). The van der Waals surface area contributed by atoms with Gasteiger partial charge in [-0.25, -0.2) is 0 Å². The van der Waals surface area contributed by atoms with Crippen LogP contribution in [0.1, 0.15) is 23.2 Å². The SMILES string of the molecule is COc1cc(OC)cc(C(=O)Nc2cnn(CCCC(=O)[O-])c2)c1. The molecule has 0 saturated heterocycles. The molecule has 0 unspecified atom stereocenters. The highest BCUT2D eigenvalue weighted by Gasteiger charge is 2.11. The van der Waals surface area contributed by atoms with Gasteiger partial charge >= 0.3 is 0 Å². The zero-order valence-electron chi connectivity index (χ0n) is 13.4. The van der Waals surface area contributed by atoms with Crippen LogP contribution in [0, 0.1) is 0 Å². The number of hydrogen-bond donors (Lipinski definition) is 1. The Hall–Kier alpha value is -3.03. The van der Waals surface area contributed by atoms with E-state index in [0.717, 1.165) is 0 Å². The first-order valence-corrected chi connectivity index (χ1v) is 7.28. The highest BCUT2D eigenvalue weighted by molar-refractivity contribution is 6.04. The van der Waals surface area contributed by atoms with Crippen molar-refractivity contribution in [2.24, 2.45) is 0 Å². The first-order chi connectivity index (χ1) is 11.5. The first-order valence-electron chi connectivity index (χ1n) is 7.28. The van der Waals surface area contributed by atoms with Crippen LogP contribution in [-0.2, 0) is 11.3 Å². The topological polar surface area (TPSA) is 106 Å². The molecule has 0 fully saturated rings. The molecule has 0 bridgehead atoms. The van der Waals surface area contributed by atoms with Crippen LogP contribution in [0.4, 0.5) is 5.69 Å². The molecule has 0 atom stereocenters. The summed E-state index contributed by atoms with van der Waals surface area (Å²) in [6.07, 6.45) is 3.49. The number of hydrogen-bond acceptors (Lipinski definition) is 6. The summed E-state index contributed by atoms with van der Waals surface area (Å²) in [5.41, 5.74) is 0.895. The maximum atomic E-state index is 12.3. The van der Waals surface area contributed by atoms with Crippen molar-refractivity contribution in [2.45, 2.75) is 19.4 Å². The average Bonchev–Trinajstić information content (AvgIpc) is 3.01. The van der Waals surface area contributed by atoms with Gasteiger partial charge in [-0.2, -0.15) is 5.10 Å². The molecule has 1 aromatic carbocycles. The molecule has 128 valence electrons. The van der Waals surface area contributed by atoms with Gasteiger partial charge in [0.25, 0.3) is 5.91 Å². The summed E-state index contributed by atoms with van der Waals surface area (Å²) in [5.74, 6) is -0.404. The fraction of sp³-hybridized carbons (Fsp3) is 0.312. The Morgan fingerprint density at radius 3 is 2.46 bits per heavy atom. The number of anilines is 1. The fourth-order valence-corrected chi connectivity index (χ4v) is 2.08. The first kappa shape index (κ1) is 17.3. The Labute approximate surface area is 139 Å². The molecule has 1 amide bonds. The van der Waals surface area contributed by atoms with E-state index in [1.165, 1.54) is 20.4 Å². The Balaban J connectivity index is 2.02. The molecule has 8 nitrogen and oxygen atoms in total. The van der Waals surface area contributed by atoms with E-state index in [0.29, 0.717) is 35.7 Å². The second kappa shape index (κ2) is 8.00. The standard InChI is InChI=1S/C16H19N3O5/c1-23-13-6-11(7-14(8-13)24-2)16(22)18-12-9-17-19(10-12)5-3-4-15(20)21/h6-10H,3-5H2,1-2H3,(H,18,22)(H,20,21)/p-1. The van der Waals surface area contributed by atoms with Crippen LogP contribution in [0.3, 0.4) is 0 Å². The van der Waals surface area contributed by atoms with E-state index in [2.05, 4.69) is 10.4 Å². The number of rotatable bonds is 8. The van der Waals surface area contributed by atoms with Crippen LogP contribution in [-0.4, -0.2) is 35.9 Å². The molecule has 2 aromatic rings. The monoisotopic (exact) mass is 332 g/mol. The normalized spacial score (nSPS) is 10.2. The van der Waals surface area contributed by atoms with E-state index in [4.69, 9.17) is 9.47 Å². The van der Waals surface area contributed by atoms with E-state index < -0.39 is 5.97 Å². The van der Waals surface area contributed by atoms with Gasteiger partial charge in [-0.05, 0) is 25.0 Å². The molecule has 24 heavy (non-hydrogen) atoms. The maximum Gasteiger partial charge on any atom is 0.256 e. The third kappa shape index (κ3) is 4.73. The zero-order chi connectivity index (χ0) is 17.5. The third-order valence-corrected chi connectivity index (χ3v) is 3.27. The summed E-state index contributed by atoms with van der Waals surface area (Å²) >= 11 is 0. The zero-order valence-corrected chi connectivity index (χ0v) is 13.4. The Kier molecular flexibility index (Phi) is 5.78. The van der Waals surface area contributed by atoms with Gasteiger partial charge in [-0.3, -0.25) is 9.48 Å². The van der Waals surface area contributed by atoms with E-state index in [-0.39, 0.29) is 12.3 Å². The molecule has 0 spiro atoms. The highest BCUT2D eigenvalue weighted by Crippen LogP contribution is 2.23. The number of carboxylic acids is 1. The number of amides is 1. The van der Waals surface area contributed by atoms with Crippen molar-refractivity contribution < 1.29 is 24.2 Å². The lowest BCUT2D eigenvalue weighted by Gasteiger charge is -2.08. The van der Waals surface area contributed by atoms with Crippen LogP contribution < -0.4 is 19.9 Å². The van der Waals surface area contributed by atoms with Crippen LogP contribution in [0.25, 0.3) is 0 Å². The Bertz CT molecular complexity index is 704. The van der Waals surface area contributed by atoms with Crippen molar-refractivity contribution in [1.29, 1.82) is 0 Å². The molecule has 0 aliphatic heterocycles. The van der Waals surface area contributed by atoms with Crippen molar-refractivity contribution in [1.82, 2.24) is 9.78 Å². The quantitative estimate of drug-likeness (QED) is 0.762. The minimum absolute atomic E-state index is 0.0366. The third-order valence-electron chi connectivity index (χ3n) is 3.27. The molecular formula is C16H18N3O5-. The maximum absolute atomic E-state index is 12.3. The summed E-state index contributed by atoms with van der Waals surface area (Å²) in [4.78, 5) is 22.7. The van der Waals surface area contributed by atoms with Crippen molar-refractivity contribution in [3.05, 3.63) is 36.2 Å². The van der Waals surface area contributed by atoms with Crippen molar-refractivity contribution >= 4 is 17.6 Å². The number of carboxylic acid groups (broad SMARTS) is 1. The van der Waals surface area contributed by atoms with Gasteiger partial charge < -0.3 is 24.7 Å². The predicted octanol–water partition coefficient (Wildman–Crippen LogP) is 0.683. The Morgan fingerprint density at radius 2 is 1.88 bits per heavy atom. The molecule has 1 N–H and O–H groups in total. The Morgan fingerprint density at radius 1 is 1.21 bits per heavy atom. The van der Waals surface area contributed by atoms with Gasteiger partial charge in [0.2, 0.25) is 0 Å². The lowest BCUT2D eigenvalue weighted by atomic mass is 10.2. The second-order valence-electron chi connectivity index (χ2n) is 5.02. The van der Waals surface area contributed by atoms with Crippen molar-refractivity contribution in [2.75, 3.05) is 19.5 Å². The smallest absolute Gasteiger partial charge is 0.256 e. The molecular weight excluding hydrogens is 314 g/mol. The molecule has 0 aliphatic rings. The predicted molar refractivity (Wildman–Crippen MR) is 84.0 cm³/mol. The molecule has 8 heteroatoms. The summed E-state index contributed by atoms with van der Waals surface area (Å²) in [5, 5.41) is 17.2. The van der Waals surface area contributed by atoms with Crippen LogP contribution in [0.5, 0.6) is 11.5 Å². The largest absolute Gasteiger partial charge is 0.550 e. The minimum atomic E-state index is -1.09. The van der Waals surface area contributed by atoms with Gasteiger partial charge in [-0.15, -0.1) is 0 Å². The number of nitrogens with one attached hydrogen (secondary N) is 1. The minimum Gasteiger partial charge on any atom is -0.550 e. The van der Waals surface area contributed by atoms with E-state index in [1.807, 2.05) is 0 Å². The lowest BCUT2D eigenvalue weighted by molar-refractivity contribution is -0.305. The molecule has 1 heterocycles. The van der Waals surface area contributed by atoms with E-state index >= 15 is 0 Å². The van der Waals surface area contributed by atoms with Gasteiger partial charge in [0.15, 0.2) is 0 Å². The molecule has 0 saturated carbocycles. The van der Waals surface area contributed by atoms with Gasteiger partial charge in [0.05, 0.1) is 26.1 Å². The number of aryl methyl sites for hydroxylation is 1. The van der Waals surface area contributed by atoms with E-state index in [1.54, 1.807) is 29.1 Å². The second-order valence-corrected chi connectivity index (χ2v) is 5.02. The van der Waals surface area contributed by atoms with Crippen molar-refractivity contribution in [3.8, 4) is 11.5 Å².